The maximum absolute atomic E-state index is 5.05. The van der Waals surface area contributed by atoms with E-state index in [0.29, 0.717) is 5.82 Å². The van der Waals surface area contributed by atoms with Crippen LogP contribution in [0, 0.1) is 0 Å². The van der Waals surface area contributed by atoms with Gasteiger partial charge in [0.15, 0.2) is 5.82 Å². The molecule has 3 heterocycles. The summed E-state index contributed by atoms with van der Waals surface area (Å²) in [4.78, 5) is 19.9. The monoisotopic (exact) mass is 536 g/mol. The maximum Gasteiger partial charge on any atom is 0.160 e. The first kappa shape index (κ1) is 24.1. The van der Waals surface area contributed by atoms with Crippen molar-refractivity contribution in [3.8, 4) is 45.2 Å². The first-order chi connectivity index (χ1) is 20.8. The van der Waals surface area contributed by atoms with E-state index in [1.165, 1.54) is 5.39 Å². The molecule has 4 heteroatoms. The van der Waals surface area contributed by atoms with E-state index in [4.69, 9.17) is 19.9 Å². The fourth-order valence-corrected chi connectivity index (χ4v) is 5.66. The Hall–Kier alpha value is -5.74. The topological polar surface area (TPSA) is 51.6 Å². The van der Waals surface area contributed by atoms with Crippen LogP contribution < -0.4 is 0 Å². The molecule has 0 radical (unpaired) electrons. The van der Waals surface area contributed by atoms with E-state index in [0.717, 1.165) is 66.5 Å². The molecule has 0 aliphatic carbocycles. The van der Waals surface area contributed by atoms with E-state index in [2.05, 4.69) is 97.1 Å². The first-order valence-corrected chi connectivity index (χ1v) is 14.0. The summed E-state index contributed by atoms with van der Waals surface area (Å²) in [5.41, 5.74) is 8.68. The highest BCUT2D eigenvalue weighted by Gasteiger charge is 2.14. The third kappa shape index (κ3) is 4.18. The number of hydrogen-bond donors (Lipinski definition) is 0. The molecule has 0 bridgehead atoms. The average molecular weight is 537 g/mol. The van der Waals surface area contributed by atoms with E-state index in [9.17, 15) is 0 Å². The van der Waals surface area contributed by atoms with E-state index in [-0.39, 0.29) is 0 Å². The van der Waals surface area contributed by atoms with Gasteiger partial charge in [-0.15, -0.1) is 0 Å². The van der Waals surface area contributed by atoms with Crippen LogP contribution in [0.3, 0.4) is 0 Å². The summed E-state index contributed by atoms with van der Waals surface area (Å²) in [5, 5.41) is 4.47. The molecule has 0 N–H and O–H groups in total. The molecule has 5 aromatic carbocycles. The highest BCUT2D eigenvalue weighted by Crippen LogP contribution is 2.33. The highest BCUT2D eigenvalue weighted by molar-refractivity contribution is 6.10. The SMILES string of the molecule is c1ccc(-c2nc(-c3cccc(-c4ccc(-c5nc6ccccc6c6ccccc56)nc4)c3)nc3ccccc23)cc1. The predicted molar refractivity (Wildman–Crippen MR) is 172 cm³/mol. The van der Waals surface area contributed by atoms with E-state index in [1.54, 1.807) is 0 Å². The van der Waals surface area contributed by atoms with Crippen molar-refractivity contribution in [1.82, 2.24) is 19.9 Å². The lowest BCUT2D eigenvalue weighted by Crippen LogP contribution is -1.95. The molecule has 0 amide bonds. The van der Waals surface area contributed by atoms with E-state index in [1.807, 2.05) is 48.7 Å². The van der Waals surface area contributed by atoms with Crippen molar-refractivity contribution in [2.24, 2.45) is 0 Å². The zero-order chi connectivity index (χ0) is 27.9. The number of pyridine rings is 2. The normalized spacial score (nSPS) is 11.3. The van der Waals surface area contributed by atoms with Crippen LogP contribution in [0.15, 0.2) is 146 Å². The molecule has 4 nitrogen and oxygen atoms in total. The molecule has 42 heavy (non-hydrogen) atoms. The van der Waals surface area contributed by atoms with Gasteiger partial charge in [0, 0.05) is 39.0 Å². The first-order valence-electron chi connectivity index (χ1n) is 14.0. The van der Waals surface area contributed by atoms with Crippen LogP contribution in [-0.4, -0.2) is 19.9 Å². The second kappa shape index (κ2) is 10.0. The van der Waals surface area contributed by atoms with Crippen molar-refractivity contribution >= 4 is 32.6 Å². The molecule has 0 saturated heterocycles. The molecule has 3 aromatic heterocycles. The number of benzene rings is 5. The van der Waals surface area contributed by atoms with Gasteiger partial charge < -0.3 is 0 Å². The molecule has 0 unspecified atom stereocenters. The third-order valence-electron chi connectivity index (χ3n) is 7.72. The summed E-state index contributed by atoms with van der Waals surface area (Å²) >= 11 is 0. The summed E-state index contributed by atoms with van der Waals surface area (Å²) in [6.07, 6.45) is 1.93. The van der Waals surface area contributed by atoms with Crippen molar-refractivity contribution in [3.63, 3.8) is 0 Å². The van der Waals surface area contributed by atoms with Crippen LogP contribution in [0.25, 0.3) is 77.7 Å². The fraction of sp³-hybridized carbons (Fsp3) is 0. The van der Waals surface area contributed by atoms with Gasteiger partial charge in [-0.2, -0.15) is 0 Å². The Morgan fingerprint density at radius 3 is 1.79 bits per heavy atom. The largest absolute Gasteiger partial charge is 0.254 e. The molecule has 0 spiro atoms. The molecule has 0 fully saturated rings. The van der Waals surface area contributed by atoms with Gasteiger partial charge in [0.05, 0.1) is 28.1 Å². The zero-order valence-electron chi connectivity index (χ0n) is 22.6. The quantitative estimate of drug-likeness (QED) is 0.210. The second-order valence-corrected chi connectivity index (χ2v) is 10.3. The predicted octanol–water partition coefficient (Wildman–Crippen LogP) is 9.39. The standard InChI is InChI=1S/C38H24N4/c1-2-11-25(12-3-1)36-32-18-7-9-20-34(32)41-38(42-36)27-14-10-13-26(23-27)28-21-22-35(39-24-28)37-31-17-5-4-15-29(31)30-16-6-8-19-33(30)40-37/h1-24H. The highest BCUT2D eigenvalue weighted by atomic mass is 14.9. The Labute approximate surface area is 243 Å². The lowest BCUT2D eigenvalue weighted by atomic mass is 10.0. The van der Waals surface area contributed by atoms with Crippen molar-refractivity contribution in [2.45, 2.75) is 0 Å². The lowest BCUT2D eigenvalue weighted by molar-refractivity contribution is 1.23. The Balaban J connectivity index is 1.20. The zero-order valence-corrected chi connectivity index (χ0v) is 22.6. The molecule has 0 atom stereocenters. The Morgan fingerprint density at radius 2 is 1.00 bits per heavy atom. The van der Waals surface area contributed by atoms with Crippen molar-refractivity contribution in [1.29, 1.82) is 0 Å². The lowest BCUT2D eigenvalue weighted by Gasteiger charge is -2.11. The minimum absolute atomic E-state index is 0.700. The van der Waals surface area contributed by atoms with Crippen LogP contribution in [0.5, 0.6) is 0 Å². The van der Waals surface area contributed by atoms with Gasteiger partial charge >= 0.3 is 0 Å². The number of rotatable bonds is 4. The molecule has 8 rings (SSSR count). The number of fused-ring (bicyclic) bond motifs is 4. The summed E-state index contributed by atoms with van der Waals surface area (Å²) in [7, 11) is 0. The molecule has 0 aliphatic rings. The number of aromatic nitrogens is 4. The minimum atomic E-state index is 0.700. The van der Waals surface area contributed by atoms with Crippen LogP contribution in [0.2, 0.25) is 0 Å². The molecule has 0 aliphatic heterocycles. The van der Waals surface area contributed by atoms with Gasteiger partial charge in [-0.1, -0.05) is 115 Å². The molecule has 0 saturated carbocycles. The fourth-order valence-electron chi connectivity index (χ4n) is 5.66. The Kier molecular flexibility index (Phi) is 5.75. The van der Waals surface area contributed by atoms with E-state index < -0.39 is 0 Å². The summed E-state index contributed by atoms with van der Waals surface area (Å²) in [6, 6.07) is 47.7. The van der Waals surface area contributed by atoms with Crippen molar-refractivity contribution in [3.05, 3.63) is 146 Å². The average Bonchev–Trinajstić information content (AvgIpc) is 3.08. The molecule has 196 valence electrons. The number of para-hydroxylation sites is 2. The second-order valence-electron chi connectivity index (χ2n) is 10.3. The van der Waals surface area contributed by atoms with Gasteiger partial charge in [-0.3, -0.25) is 4.98 Å². The van der Waals surface area contributed by atoms with Crippen LogP contribution in [0.1, 0.15) is 0 Å². The molecular weight excluding hydrogens is 512 g/mol. The van der Waals surface area contributed by atoms with E-state index >= 15 is 0 Å². The molecule has 8 aromatic rings. The van der Waals surface area contributed by atoms with Gasteiger partial charge in [-0.05, 0) is 35.2 Å². The van der Waals surface area contributed by atoms with Crippen LogP contribution in [0.4, 0.5) is 0 Å². The van der Waals surface area contributed by atoms with Gasteiger partial charge in [0.1, 0.15) is 0 Å². The Bertz CT molecular complexity index is 2240. The maximum atomic E-state index is 5.05. The Morgan fingerprint density at radius 1 is 0.357 bits per heavy atom. The number of nitrogens with zero attached hydrogens (tertiary/aromatic N) is 4. The number of hydrogen-bond acceptors (Lipinski definition) is 4. The smallest absolute Gasteiger partial charge is 0.160 e. The van der Waals surface area contributed by atoms with Crippen molar-refractivity contribution in [2.75, 3.05) is 0 Å². The van der Waals surface area contributed by atoms with Gasteiger partial charge in [0.2, 0.25) is 0 Å². The molecular formula is C38H24N4. The minimum Gasteiger partial charge on any atom is -0.254 e. The van der Waals surface area contributed by atoms with Crippen LogP contribution >= 0.6 is 0 Å². The summed E-state index contributed by atoms with van der Waals surface area (Å²) in [6.45, 7) is 0. The van der Waals surface area contributed by atoms with Gasteiger partial charge in [0.25, 0.3) is 0 Å². The van der Waals surface area contributed by atoms with Crippen molar-refractivity contribution < 1.29 is 0 Å². The summed E-state index contributed by atoms with van der Waals surface area (Å²) in [5.74, 6) is 0.700. The summed E-state index contributed by atoms with van der Waals surface area (Å²) < 4.78 is 0. The van der Waals surface area contributed by atoms with Gasteiger partial charge in [-0.25, -0.2) is 15.0 Å². The third-order valence-corrected chi connectivity index (χ3v) is 7.72. The van der Waals surface area contributed by atoms with Crippen LogP contribution in [-0.2, 0) is 0 Å².